The van der Waals surface area contributed by atoms with Gasteiger partial charge in [-0.1, -0.05) is 0 Å². The van der Waals surface area contributed by atoms with E-state index in [1.165, 1.54) is 17.2 Å². The van der Waals surface area contributed by atoms with Crippen molar-refractivity contribution in [2.75, 3.05) is 27.3 Å². The molecule has 1 N–H and O–H groups in total. The van der Waals surface area contributed by atoms with Gasteiger partial charge in [-0.15, -0.1) is 11.6 Å². The van der Waals surface area contributed by atoms with Crippen LogP contribution >= 0.6 is 11.6 Å². The average Bonchev–Trinajstić information content (AvgIpc) is 2.28. The Labute approximate surface area is 111 Å². The van der Waals surface area contributed by atoms with Gasteiger partial charge in [-0.25, -0.2) is 0 Å². The Kier molecular flexibility index (Phi) is 5.37. The average molecular weight is 273 g/mol. The number of halogens is 1. The summed E-state index contributed by atoms with van der Waals surface area (Å²) in [6.07, 6.45) is 1.43. The first-order valence-electron chi connectivity index (χ1n) is 5.53. The van der Waals surface area contributed by atoms with E-state index >= 15 is 0 Å². The monoisotopic (exact) mass is 272 g/mol. The quantitative estimate of drug-likeness (QED) is 0.814. The predicted molar refractivity (Wildman–Crippen MR) is 70.3 cm³/mol. The van der Waals surface area contributed by atoms with Crippen LogP contribution in [-0.2, 0) is 4.74 Å². The number of hydrogen-bond donors (Lipinski definition) is 1. The molecule has 5 nitrogen and oxygen atoms in total. The Balaban J connectivity index is 2.77. The third kappa shape index (κ3) is 3.85. The number of rotatable bonds is 5. The Morgan fingerprint density at radius 3 is 2.83 bits per heavy atom. The van der Waals surface area contributed by atoms with Crippen LogP contribution in [0.25, 0.3) is 0 Å². The van der Waals surface area contributed by atoms with Gasteiger partial charge in [0.15, 0.2) is 5.43 Å². The number of nitrogens with one attached hydrogen (secondary N) is 1. The highest BCUT2D eigenvalue weighted by atomic mass is 35.5. The van der Waals surface area contributed by atoms with E-state index in [4.69, 9.17) is 16.3 Å². The van der Waals surface area contributed by atoms with Crippen LogP contribution in [0.3, 0.4) is 0 Å². The minimum Gasteiger partial charge on any atom is -0.383 e. The second-order valence-corrected chi connectivity index (χ2v) is 4.75. The third-order valence-corrected chi connectivity index (χ3v) is 2.72. The smallest absolute Gasteiger partial charge is 0.259 e. The summed E-state index contributed by atoms with van der Waals surface area (Å²) in [5.41, 5.74) is 0.541. The number of alkyl halides is 1. The van der Waals surface area contributed by atoms with Crippen molar-refractivity contribution in [1.29, 1.82) is 0 Å². The van der Waals surface area contributed by atoms with E-state index in [0.29, 0.717) is 18.8 Å². The summed E-state index contributed by atoms with van der Waals surface area (Å²) in [7, 11) is 3.15. The molecule has 1 aromatic rings. The molecular weight excluding hydrogens is 256 g/mol. The Bertz CT molecular complexity index is 473. The van der Waals surface area contributed by atoms with Gasteiger partial charge in [0.25, 0.3) is 5.91 Å². The molecule has 1 unspecified atom stereocenters. The largest absolute Gasteiger partial charge is 0.383 e. The summed E-state index contributed by atoms with van der Waals surface area (Å²) < 4.78 is 4.89. The van der Waals surface area contributed by atoms with Gasteiger partial charge < -0.3 is 14.6 Å². The summed E-state index contributed by atoms with van der Waals surface area (Å²) in [6, 6.07) is 1.40. The van der Waals surface area contributed by atoms with Gasteiger partial charge >= 0.3 is 0 Å². The van der Waals surface area contributed by atoms with Gasteiger partial charge in [-0.3, -0.25) is 9.59 Å². The lowest BCUT2D eigenvalue weighted by atomic mass is 10.2. The number of aromatic amines is 1. The molecule has 0 spiro atoms. The lowest BCUT2D eigenvalue weighted by Gasteiger charge is -2.19. The molecule has 0 aliphatic rings. The van der Waals surface area contributed by atoms with Crippen LogP contribution in [0.2, 0.25) is 0 Å². The molecule has 1 heterocycles. The van der Waals surface area contributed by atoms with Crippen molar-refractivity contribution in [3.8, 4) is 0 Å². The predicted octanol–water partition coefficient (Wildman–Crippen LogP) is 1.01. The number of carbonyl (C=O) groups is 1. The summed E-state index contributed by atoms with van der Waals surface area (Å²) in [4.78, 5) is 28.0. The van der Waals surface area contributed by atoms with Crippen molar-refractivity contribution >= 4 is 17.5 Å². The molecule has 1 amide bonds. The first-order valence-corrected chi connectivity index (χ1v) is 5.97. The zero-order valence-corrected chi connectivity index (χ0v) is 11.5. The number of aromatic nitrogens is 1. The summed E-state index contributed by atoms with van der Waals surface area (Å²) in [5.74, 6) is -0.349. The number of H-pyrrole nitrogens is 1. The van der Waals surface area contributed by atoms with Crippen LogP contribution in [0.15, 0.2) is 17.1 Å². The Morgan fingerprint density at radius 1 is 1.61 bits per heavy atom. The Hall–Kier alpha value is -1.33. The fourth-order valence-corrected chi connectivity index (χ4v) is 1.89. The molecule has 0 radical (unpaired) electrons. The molecule has 0 aromatic carbocycles. The molecule has 0 fully saturated rings. The highest BCUT2D eigenvalue weighted by molar-refractivity contribution is 6.21. The van der Waals surface area contributed by atoms with E-state index in [-0.39, 0.29) is 22.3 Å². The van der Waals surface area contributed by atoms with Crippen LogP contribution in [-0.4, -0.2) is 48.5 Å². The maximum atomic E-state index is 12.0. The van der Waals surface area contributed by atoms with Crippen molar-refractivity contribution in [3.05, 3.63) is 33.7 Å². The second-order valence-electron chi connectivity index (χ2n) is 4.13. The van der Waals surface area contributed by atoms with Crippen molar-refractivity contribution in [2.24, 2.45) is 0 Å². The molecule has 100 valence electrons. The summed E-state index contributed by atoms with van der Waals surface area (Å²) in [6.45, 7) is 2.43. The van der Waals surface area contributed by atoms with Crippen LogP contribution in [0, 0.1) is 6.92 Å². The van der Waals surface area contributed by atoms with E-state index in [2.05, 4.69) is 4.98 Å². The molecule has 0 aliphatic carbocycles. The number of pyridine rings is 1. The number of amides is 1. The number of aryl methyl sites for hydroxylation is 1. The molecule has 6 heteroatoms. The number of nitrogens with zero attached hydrogens (tertiary/aromatic N) is 1. The number of hydrogen-bond acceptors (Lipinski definition) is 3. The first-order chi connectivity index (χ1) is 8.45. The van der Waals surface area contributed by atoms with Crippen LogP contribution < -0.4 is 5.43 Å². The van der Waals surface area contributed by atoms with E-state index < -0.39 is 0 Å². The van der Waals surface area contributed by atoms with Crippen molar-refractivity contribution in [1.82, 2.24) is 9.88 Å². The van der Waals surface area contributed by atoms with Crippen LogP contribution in [0.1, 0.15) is 16.1 Å². The highest BCUT2D eigenvalue weighted by Gasteiger charge is 2.18. The minimum absolute atomic E-state index is 0.115. The standard InChI is InChI=1S/C12H17ClN2O3/c1-8-4-11(16)10(5-14-8)12(17)15(2)6-9(13)7-18-3/h4-5,9H,6-7H2,1-3H3,(H,14,16). The van der Waals surface area contributed by atoms with Gasteiger partial charge in [-0.05, 0) is 6.92 Å². The maximum absolute atomic E-state index is 12.0. The van der Waals surface area contributed by atoms with Crippen molar-refractivity contribution in [2.45, 2.75) is 12.3 Å². The van der Waals surface area contributed by atoms with E-state index in [1.807, 2.05) is 0 Å². The molecule has 1 rings (SSSR count). The number of methoxy groups -OCH3 is 1. The third-order valence-electron chi connectivity index (χ3n) is 2.45. The van der Waals surface area contributed by atoms with Crippen LogP contribution in [0.4, 0.5) is 0 Å². The van der Waals surface area contributed by atoms with Gasteiger partial charge in [0.05, 0.1) is 12.0 Å². The molecule has 0 saturated heterocycles. The summed E-state index contributed by atoms with van der Waals surface area (Å²) >= 11 is 5.97. The zero-order chi connectivity index (χ0) is 13.7. The van der Waals surface area contributed by atoms with Crippen molar-refractivity contribution in [3.63, 3.8) is 0 Å². The van der Waals surface area contributed by atoms with Crippen molar-refractivity contribution < 1.29 is 9.53 Å². The highest BCUT2D eigenvalue weighted by Crippen LogP contribution is 2.03. The van der Waals surface area contributed by atoms with Gasteiger partial charge in [-0.2, -0.15) is 0 Å². The first kappa shape index (κ1) is 14.7. The molecule has 1 atom stereocenters. The molecule has 0 aliphatic heterocycles. The van der Waals surface area contributed by atoms with E-state index in [0.717, 1.165) is 0 Å². The zero-order valence-electron chi connectivity index (χ0n) is 10.7. The van der Waals surface area contributed by atoms with Gasteiger partial charge in [0, 0.05) is 38.7 Å². The van der Waals surface area contributed by atoms with Gasteiger partial charge in [0.2, 0.25) is 0 Å². The van der Waals surface area contributed by atoms with E-state index in [9.17, 15) is 9.59 Å². The minimum atomic E-state index is -0.349. The Morgan fingerprint density at radius 2 is 2.28 bits per heavy atom. The molecular formula is C12H17ClN2O3. The fourth-order valence-electron chi connectivity index (χ4n) is 1.56. The normalized spacial score (nSPS) is 12.2. The number of carbonyl (C=O) groups excluding carboxylic acids is 1. The lowest BCUT2D eigenvalue weighted by Crippen LogP contribution is -2.36. The summed E-state index contributed by atoms with van der Waals surface area (Å²) in [5, 5.41) is -0.298. The lowest BCUT2D eigenvalue weighted by molar-refractivity contribution is 0.0780. The second kappa shape index (κ2) is 6.56. The fraction of sp³-hybridized carbons (Fsp3) is 0.500. The molecule has 0 bridgehead atoms. The van der Waals surface area contributed by atoms with Crippen LogP contribution in [0.5, 0.6) is 0 Å². The molecule has 0 saturated carbocycles. The van der Waals surface area contributed by atoms with Gasteiger partial charge in [0.1, 0.15) is 5.56 Å². The molecule has 18 heavy (non-hydrogen) atoms. The topological polar surface area (TPSA) is 62.4 Å². The number of ether oxygens (including phenoxy) is 1. The molecule has 1 aromatic heterocycles. The SMILES string of the molecule is COCC(Cl)CN(C)C(=O)c1c[nH]c(C)cc1=O. The maximum Gasteiger partial charge on any atom is 0.259 e. The van der Waals surface area contributed by atoms with E-state index in [1.54, 1.807) is 21.1 Å².